The maximum Gasteiger partial charge on any atom is 0.306 e. The minimum Gasteiger partial charge on any atom is -0.481 e. The summed E-state index contributed by atoms with van der Waals surface area (Å²) in [6.45, 7) is 3.35. The van der Waals surface area contributed by atoms with E-state index in [9.17, 15) is 9.90 Å². The standard InChI is InChI=1S/C25H51NO4/c1-5-6-7-8-9-10-11-12-13-14-15-16-17-18-23(27)19-20-30-24(21-25(28)29)22-26(2,3)4/h23-24,27H,5-22H2,1-4H3/p+1. The van der Waals surface area contributed by atoms with E-state index in [2.05, 4.69) is 6.92 Å². The predicted molar refractivity (Wildman–Crippen MR) is 126 cm³/mol. The van der Waals surface area contributed by atoms with Crippen LogP contribution >= 0.6 is 0 Å². The molecule has 0 saturated carbocycles. The Morgan fingerprint density at radius 1 is 0.800 bits per heavy atom. The maximum absolute atomic E-state index is 11.0. The molecule has 0 aliphatic carbocycles. The molecule has 180 valence electrons. The number of unbranched alkanes of at least 4 members (excludes halogenated alkanes) is 12. The quantitative estimate of drug-likeness (QED) is 0.169. The lowest BCUT2D eigenvalue weighted by atomic mass is 10.0. The molecule has 30 heavy (non-hydrogen) atoms. The van der Waals surface area contributed by atoms with E-state index in [1.807, 2.05) is 21.1 Å². The van der Waals surface area contributed by atoms with Crippen molar-refractivity contribution in [2.45, 2.75) is 122 Å². The first-order chi connectivity index (χ1) is 14.2. The van der Waals surface area contributed by atoms with Gasteiger partial charge in [-0.1, -0.05) is 90.4 Å². The number of aliphatic hydroxyl groups excluding tert-OH is 1. The van der Waals surface area contributed by atoms with Gasteiger partial charge in [-0.2, -0.15) is 0 Å². The van der Waals surface area contributed by atoms with E-state index in [0.717, 1.165) is 12.8 Å². The molecule has 0 bridgehead atoms. The minimum atomic E-state index is -0.832. The number of hydrogen-bond acceptors (Lipinski definition) is 3. The van der Waals surface area contributed by atoms with Crippen molar-refractivity contribution >= 4 is 5.97 Å². The lowest BCUT2D eigenvalue weighted by Gasteiger charge is -2.28. The van der Waals surface area contributed by atoms with Crippen molar-refractivity contribution in [3.63, 3.8) is 0 Å². The lowest BCUT2D eigenvalue weighted by molar-refractivity contribution is -0.873. The normalized spacial score (nSPS) is 14.0. The summed E-state index contributed by atoms with van der Waals surface area (Å²) in [5.74, 6) is -0.832. The fourth-order valence-electron chi connectivity index (χ4n) is 3.89. The summed E-state index contributed by atoms with van der Waals surface area (Å²) >= 11 is 0. The van der Waals surface area contributed by atoms with Gasteiger partial charge in [-0.15, -0.1) is 0 Å². The van der Waals surface area contributed by atoms with Gasteiger partial charge in [-0.05, 0) is 12.8 Å². The number of quaternary nitrogens is 1. The van der Waals surface area contributed by atoms with Crippen LogP contribution in [0, 0.1) is 0 Å². The third kappa shape index (κ3) is 22.0. The van der Waals surface area contributed by atoms with Gasteiger partial charge in [0, 0.05) is 6.61 Å². The molecule has 5 heteroatoms. The minimum absolute atomic E-state index is 0.0183. The number of nitrogens with zero attached hydrogens (tertiary/aromatic N) is 1. The zero-order chi connectivity index (χ0) is 22.7. The summed E-state index contributed by atoms with van der Waals surface area (Å²) < 4.78 is 6.43. The van der Waals surface area contributed by atoms with E-state index in [0.29, 0.717) is 24.1 Å². The molecule has 0 fully saturated rings. The molecule has 0 rings (SSSR count). The van der Waals surface area contributed by atoms with Crippen LogP contribution in [0.25, 0.3) is 0 Å². The Morgan fingerprint density at radius 3 is 1.70 bits per heavy atom. The number of likely N-dealkylation sites (N-methyl/N-ethyl adjacent to an activating group) is 1. The molecule has 0 aromatic heterocycles. The molecule has 2 atom stereocenters. The Kier molecular flexibility index (Phi) is 18.7. The second kappa shape index (κ2) is 19.1. The van der Waals surface area contributed by atoms with Gasteiger partial charge >= 0.3 is 5.97 Å². The second-order valence-electron chi connectivity index (χ2n) is 10.0. The zero-order valence-electron chi connectivity index (χ0n) is 20.5. The van der Waals surface area contributed by atoms with E-state index >= 15 is 0 Å². The average molecular weight is 431 g/mol. The van der Waals surface area contributed by atoms with Crippen molar-refractivity contribution < 1.29 is 24.2 Å². The Morgan fingerprint density at radius 2 is 1.27 bits per heavy atom. The Labute approximate surface area is 186 Å². The molecule has 0 spiro atoms. The molecular formula is C25H52NO4+. The van der Waals surface area contributed by atoms with Crippen LogP contribution in [0.1, 0.15) is 110 Å². The van der Waals surface area contributed by atoms with Gasteiger partial charge in [0.2, 0.25) is 0 Å². The molecule has 0 saturated heterocycles. The van der Waals surface area contributed by atoms with Crippen molar-refractivity contribution in [3.05, 3.63) is 0 Å². The first-order valence-corrected chi connectivity index (χ1v) is 12.6. The molecule has 0 aliphatic rings. The van der Waals surface area contributed by atoms with E-state index in [-0.39, 0.29) is 18.6 Å². The number of hydrogen-bond donors (Lipinski definition) is 2. The first-order valence-electron chi connectivity index (χ1n) is 12.6. The molecule has 0 amide bonds. The van der Waals surface area contributed by atoms with Gasteiger partial charge < -0.3 is 19.4 Å². The van der Waals surface area contributed by atoms with Gasteiger partial charge in [-0.3, -0.25) is 4.79 Å². The van der Waals surface area contributed by atoms with E-state index in [4.69, 9.17) is 9.84 Å². The van der Waals surface area contributed by atoms with Crippen LogP contribution in [-0.4, -0.2) is 67.2 Å². The van der Waals surface area contributed by atoms with E-state index in [1.54, 1.807) is 0 Å². The summed E-state index contributed by atoms with van der Waals surface area (Å²) in [4.78, 5) is 11.0. The third-order valence-corrected chi connectivity index (χ3v) is 5.60. The van der Waals surface area contributed by atoms with E-state index < -0.39 is 5.97 Å². The smallest absolute Gasteiger partial charge is 0.306 e. The summed E-state index contributed by atoms with van der Waals surface area (Å²) in [5, 5.41) is 19.2. The summed E-state index contributed by atoms with van der Waals surface area (Å²) in [5.41, 5.74) is 0. The lowest BCUT2D eigenvalue weighted by Crippen LogP contribution is -2.43. The van der Waals surface area contributed by atoms with Crippen molar-refractivity contribution in [1.82, 2.24) is 0 Å². The number of carbonyl (C=O) groups is 1. The zero-order valence-corrected chi connectivity index (χ0v) is 20.5. The Balaban J connectivity index is 3.56. The number of rotatable bonds is 22. The molecule has 0 heterocycles. The van der Waals surface area contributed by atoms with Gasteiger partial charge in [-0.25, -0.2) is 0 Å². The van der Waals surface area contributed by atoms with Crippen LogP contribution in [0.4, 0.5) is 0 Å². The highest BCUT2D eigenvalue weighted by Crippen LogP contribution is 2.14. The van der Waals surface area contributed by atoms with Gasteiger partial charge in [0.15, 0.2) is 0 Å². The maximum atomic E-state index is 11.0. The molecule has 2 unspecified atom stereocenters. The molecular weight excluding hydrogens is 378 g/mol. The van der Waals surface area contributed by atoms with Crippen LogP contribution in [0.5, 0.6) is 0 Å². The molecule has 0 aliphatic heterocycles. The van der Waals surface area contributed by atoms with Crippen LogP contribution in [0.15, 0.2) is 0 Å². The molecule has 0 radical (unpaired) electrons. The Hall–Kier alpha value is -0.650. The van der Waals surface area contributed by atoms with Gasteiger partial charge in [0.05, 0.1) is 33.7 Å². The third-order valence-electron chi connectivity index (χ3n) is 5.60. The molecule has 0 aromatic rings. The molecule has 2 N–H and O–H groups in total. The highest BCUT2D eigenvalue weighted by molar-refractivity contribution is 5.67. The van der Waals surface area contributed by atoms with Crippen molar-refractivity contribution in [1.29, 1.82) is 0 Å². The van der Waals surface area contributed by atoms with Crippen molar-refractivity contribution in [2.75, 3.05) is 34.3 Å². The molecule has 0 aromatic carbocycles. The fourth-order valence-corrected chi connectivity index (χ4v) is 3.89. The van der Waals surface area contributed by atoms with Crippen LogP contribution in [-0.2, 0) is 9.53 Å². The second-order valence-corrected chi connectivity index (χ2v) is 10.0. The fraction of sp³-hybridized carbons (Fsp3) is 0.960. The topological polar surface area (TPSA) is 66.8 Å². The number of ether oxygens (including phenoxy) is 1. The summed E-state index contributed by atoms with van der Waals surface area (Å²) in [7, 11) is 6.09. The van der Waals surface area contributed by atoms with Crippen LogP contribution in [0.3, 0.4) is 0 Å². The number of aliphatic hydroxyl groups is 1. The van der Waals surface area contributed by atoms with Crippen molar-refractivity contribution in [2.24, 2.45) is 0 Å². The average Bonchev–Trinajstić information content (AvgIpc) is 2.63. The Bertz CT molecular complexity index is 395. The highest BCUT2D eigenvalue weighted by atomic mass is 16.5. The monoisotopic (exact) mass is 430 g/mol. The summed E-state index contributed by atoms with van der Waals surface area (Å²) in [6.07, 6.45) is 18.1. The van der Waals surface area contributed by atoms with Gasteiger partial charge in [0.1, 0.15) is 12.6 Å². The van der Waals surface area contributed by atoms with E-state index in [1.165, 1.54) is 77.0 Å². The SMILES string of the molecule is CCCCCCCCCCCCCCCC(O)CCOC(CC(=O)O)C[N+](C)(C)C. The van der Waals surface area contributed by atoms with Crippen LogP contribution < -0.4 is 0 Å². The van der Waals surface area contributed by atoms with Gasteiger partial charge in [0.25, 0.3) is 0 Å². The number of aliphatic carboxylic acids is 1. The first kappa shape index (κ1) is 29.4. The van der Waals surface area contributed by atoms with Crippen molar-refractivity contribution in [3.8, 4) is 0 Å². The predicted octanol–water partition coefficient (Wildman–Crippen LogP) is 5.78. The molecule has 5 nitrogen and oxygen atoms in total. The van der Waals surface area contributed by atoms with Crippen LogP contribution in [0.2, 0.25) is 0 Å². The largest absolute Gasteiger partial charge is 0.481 e. The highest BCUT2D eigenvalue weighted by Gasteiger charge is 2.21. The number of carboxylic acids is 1. The number of carboxylic acid groups (broad SMARTS) is 1. The summed E-state index contributed by atoms with van der Waals surface area (Å²) in [6, 6.07) is 0.